The van der Waals surface area contributed by atoms with Crippen molar-refractivity contribution in [2.24, 2.45) is 0 Å². The van der Waals surface area contributed by atoms with E-state index in [-0.39, 0.29) is 0 Å². The van der Waals surface area contributed by atoms with E-state index in [2.05, 4.69) is 48.3 Å². The Balaban J connectivity index is 1.99. The van der Waals surface area contributed by atoms with Gasteiger partial charge in [0.15, 0.2) is 0 Å². The molecule has 3 nitrogen and oxygen atoms in total. The molecule has 1 N–H and O–H groups in total. The molecule has 1 atom stereocenters. The van der Waals surface area contributed by atoms with Crippen molar-refractivity contribution in [1.82, 2.24) is 5.32 Å². The van der Waals surface area contributed by atoms with Crippen molar-refractivity contribution in [3.63, 3.8) is 0 Å². The average Bonchev–Trinajstić information content (AvgIpc) is 2.62. The van der Waals surface area contributed by atoms with Gasteiger partial charge >= 0.3 is 0 Å². The second kappa shape index (κ2) is 6.76. The van der Waals surface area contributed by atoms with E-state index in [1.54, 1.807) is 0 Å². The smallest absolute Gasteiger partial charge is 0.0721 e. The molecule has 0 aromatic heterocycles. The van der Waals surface area contributed by atoms with Crippen LogP contribution < -0.4 is 10.2 Å². The van der Waals surface area contributed by atoms with Crippen LogP contribution in [0.1, 0.15) is 25.8 Å². The minimum absolute atomic E-state index is 0.328. The van der Waals surface area contributed by atoms with E-state index in [1.807, 2.05) is 0 Å². The van der Waals surface area contributed by atoms with E-state index < -0.39 is 0 Å². The average molecular weight is 248 g/mol. The first kappa shape index (κ1) is 13.4. The molecule has 1 unspecified atom stereocenters. The maximum Gasteiger partial charge on any atom is 0.0721 e. The number of rotatable bonds is 4. The van der Waals surface area contributed by atoms with Crippen LogP contribution in [-0.2, 0) is 11.3 Å². The second-order valence-corrected chi connectivity index (χ2v) is 4.93. The van der Waals surface area contributed by atoms with E-state index in [0.717, 1.165) is 39.2 Å². The van der Waals surface area contributed by atoms with Gasteiger partial charge < -0.3 is 15.0 Å². The summed E-state index contributed by atoms with van der Waals surface area (Å²) in [6.45, 7) is 9.23. The molecule has 0 spiro atoms. The summed E-state index contributed by atoms with van der Waals surface area (Å²) >= 11 is 0. The van der Waals surface area contributed by atoms with Crippen LogP contribution in [0.5, 0.6) is 0 Å². The lowest BCUT2D eigenvalue weighted by Crippen LogP contribution is -2.30. The van der Waals surface area contributed by atoms with Gasteiger partial charge in [-0.25, -0.2) is 0 Å². The van der Waals surface area contributed by atoms with Crippen LogP contribution in [0.15, 0.2) is 24.3 Å². The predicted molar refractivity (Wildman–Crippen MR) is 76.1 cm³/mol. The summed E-state index contributed by atoms with van der Waals surface area (Å²) in [6.07, 6.45) is 1.44. The highest BCUT2D eigenvalue weighted by Crippen LogP contribution is 2.18. The second-order valence-electron chi connectivity index (χ2n) is 4.93. The highest BCUT2D eigenvalue weighted by molar-refractivity contribution is 5.47. The third-order valence-electron chi connectivity index (χ3n) is 3.33. The third-order valence-corrected chi connectivity index (χ3v) is 3.33. The van der Waals surface area contributed by atoms with Crippen LogP contribution in [0.4, 0.5) is 5.69 Å². The summed E-state index contributed by atoms with van der Waals surface area (Å²) < 4.78 is 5.68. The number of hydrogen-bond donors (Lipinski definition) is 1. The summed E-state index contributed by atoms with van der Waals surface area (Å²) in [5.41, 5.74) is 2.66. The van der Waals surface area contributed by atoms with Gasteiger partial charge in [-0.05, 0) is 37.6 Å². The number of nitrogens with one attached hydrogen (secondary N) is 1. The van der Waals surface area contributed by atoms with Crippen molar-refractivity contribution < 1.29 is 4.74 Å². The summed E-state index contributed by atoms with van der Waals surface area (Å²) in [5.74, 6) is 0. The Morgan fingerprint density at radius 2 is 2.11 bits per heavy atom. The zero-order valence-corrected chi connectivity index (χ0v) is 11.5. The topological polar surface area (TPSA) is 24.5 Å². The molecule has 1 heterocycles. The first-order chi connectivity index (χ1) is 8.79. The Kier molecular flexibility index (Phi) is 5.02. The van der Waals surface area contributed by atoms with E-state index >= 15 is 0 Å². The van der Waals surface area contributed by atoms with Gasteiger partial charge in [-0.3, -0.25) is 0 Å². The maximum absolute atomic E-state index is 5.68. The van der Waals surface area contributed by atoms with Crippen molar-refractivity contribution in [3.8, 4) is 0 Å². The van der Waals surface area contributed by atoms with Crippen molar-refractivity contribution in [2.45, 2.75) is 32.9 Å². The lowest BCUT2D eigenvalue weighted by atomic mass is 10.2. The Morgan fingerprint density at radius 3 is 2.83 bits per heavy atom. The molecule has 0 aliphatic carbocycles. The minimum atomic E-state index is 0.328. The molecule has 1 fully saturated rings. The molecule has 1 aromatic rings. The summed E-state index contributed by atoms with van der Waals surface area (Å²) in [4.78, 5) is 2.43. The van der Waals surface area contributed by atoms with Crippen molar-refractivity contribution in [3.05, 3.63) is 29.8 Å². The normalized spacial score (nSPS) is 20.8. The zero-order chi connectivity index (χ0) is 12.8. The Hall–Kier alpha value is -1.06. The molecule has 18 heavy (non-hydrogen) atoms. The van der Waals surface area contributed by atoms with Gasteiger partial charge in [0.2, 0.25) is 0 Å². The van der Waals surface area contributed by atoms with Crippen LogP contribution in [-0.4, -0.2) is 32.3 Å². The van der Waals surface area contributed by atoms with Gasteiger partial charge in [0.1, 0.15) is 0 Å². The van der Waals surface area contributed by atoms with Gasteiger partial charge in [0, 0.05) is 31.9 Å². The number of ether oxygens (including phenoxy) is 1. The fourth-order valence-electron chi connectivity index (χ4n) is 2.32. The molecule has 0 radical (unpaired) electrons. The van der Waals surface area contributed by atoms with Gasteiger partial charge in [-0.15, -0.1) is 0 Å². The number of hydrogen-bond acceptors (Lipinski definition) is 3. The monoisotopic (exact) mass is 248 g/mol. The van der Waals surface area contributed by atoms with E-state index in [9.17, 15) is 0 Å². The molecule has 1 saturated heterocycles. The summed E-state index contributed by atoms with van der Waals surface area (Å²) in [5, 5.41) is 3.35. The molecular formula is C15H24N2O. The molecule has 0 bridgehead atoms. The number of benzene rings is 1. The fourth-order valence-corrected chi connectivity index (χ4v) is 2.32. The van der Waals surface area contributed by atoms with Gasteiger partial charge in [-0.2, -0.15) is 0 Å². The fraction of sp³-hybridized carbons (Fsp3) is 0.600. The maximum atomic E-state index is 5.68. The van der Waals surface area contributed by atoms with Gasteiger partial charge in [0.05, 0.1) is 6.10 Å². The first-order valence-electron chi connectivity index (χ1n) is 6.96. The molecule has 0 amide bonds. The highest BCUT2D eigenvalue weighted by atomic mass is 16.5. The van der Waals surface area contributed by atoms with Crippen LogP contribution in [0.3, 0.4) is 0 Å². The minimum Gasteiger partial charge on any atom is -0.377 e. The van der Waals surface area contributed by atoms with E-state index in [1.165, 1.54) is 11.3 Å². The number of nitrogens with zero attached hydrogens (tertiary/aromatic N) is 1. The lowest BCUT2D eigenvalue weighted by Gasteiger charge is -2.24. The highest BCUT2D eigenvalue weighted by Gasteiger charge is 2.15. The number of anilines is 1. The summed E-state index contributed by atoms with van der Waals surface area (Å²) in [7, 11) is 0. The third kappa shape index (κ3) is 3.72. The van der Waals surface area contributed by atoms with Crippen LogP contribution >= 0.6 is 0 Å². The van der Waals surface area contributed by atoms with Crippen molar-refractivity contribution >= 4 is 5.69 Å². The standard InChI is InChI=1S/C15H24N2O/c1-3-16-11-14-5-7-15(8-6-14)17-9-4-10-18-13(2)12-17/h5-8,13,16H,3-4,9-12H2,1-2H3. The molecule has 0 saturated carbocycles. The molecule has 2 rings (SSSR count). The molecule has 1 aliphatic rings. The van der Waals surface area contributed by atoms with Crippen molar-refractivity contribution in [2.75, 3.05) is 31.1 Å². The lowest BCUT2D eigenvalue weighted by molar-refractivity contribution is 0.0821. The molecule has 1 aliphatic heterocycles. The first-order valence-corrected chi connectivity index (χ1v) is 6.96. The van der Waals surface area contributed by atoms with Crippen LogP contribution in [0, 0.1) is 0 Å². The Bertz CT molecular complexity index is 350. The largest absolute Gasteiger partial charge is 0.377 e. The van der Waals surface area contributed by atoms with Gasteiger partial charge in [-0.1, -0.05) is 19.1 Å². The molecule has 100 valence electrons. The molecule has 1 aromatic carbocycles. The van der Waals surface area contributed by atoms with Crippen LogP contribution in [0.25, 0.3) is 0 Å². The van der Waals surface area contributed by atoms with E-state index in [4.69, 9.17) is 4.74 Å². The molecular weight excluding hydrogens is 224 g/mol. The zero-order valence-electron chi connectivity index (χ0n) is 11.5. The predicted octanol–water partition coefficient (Wildman–Crippen LogP) is 2.41. The van der Waals surface area contributed by atoms with Gasteiger partial charge in [0.25, 0.3) is 0 Å². The van der Waals surface area contributed by atoms with Crippen LogP contribution in [0.2, 0.25) is 0 Å². The van der Waals surface area contributed by atoms with Crippen molar-refractivity contribution in [1.29, 1.82) is 0 Å². The SMILES string of the molecule is CCNCc1ccc(N2CCCOC(C)C2)cc1. The van der Waals surface area contributed by atoms with E-state index in [0.29, 0.717) is 6.10 Å². The molecule has 3 heteroatoms. The summed E-state index contributed by atoms with van der Waals surface area (Å²) in [6, 6.07) is 8.89. The Labute approximate surface area is 110 Å². The quantitative estimate of drug-likeness (QED) is 0.885. The Morgan fingerprint density at radius 1 is 1.33 bits per heavy atom.